The van der Waals surface area contributed by atoms with Crippen LogP contribution in [0.15, 0.2) is 0 Å². The van der Waals surface area contributed by atoms with Crippen LogP contribution < -0.4 is 0 Å². The van der Waals surface area contributed by atoms with E-state index in [0.717, 1.165) is 12.3 Å². The zero-order chi connectivity index (χ0) is 12.2. The fourth-order valence-corrected chi connectivity index (χ4v) is 3.44. The van der Waals surface area contributed by atoms with E-state index >= 15 is 0 Å². The van der Waals surface area contributed by atoms with Crippen molar-refractivity contribution < 1.29 is 8.42 Å². The monoisotopic (exact) mass is 245 g/mol. The fourth-order valence-electron chi connectivity index (χ4n) is 2.68. The van der Waals surface area contributed by atoms with Gasteiger partial charge in [-0.25, -0.2) is 8.42 Å². The van der Waals surface area contributed by atoms with Gasteiger partial charge in [-0.15, -0.1) is 0 Å². The van der Waals surface area contributed by atoms with E-state index in [4.69, 9.17) is 0 Å². The molecule has 0 aromatic rings. The largest absolute Gasteiger partial charge is 0.229 e. The predicted molar refractivity (Wildman–Crippen MR) is 69.0 cm³/mol. The van der Waals surface area contributed by atoms with Gasteiger partial charge in [-0.3, -0.25) is 0 Å². The highest BCUT2D eigenvalue weighted by molar-refractivity contribution is 7.90. The molecule has 16 heavy (non-hydrogen) atoms. The van der Waals surface area contributed by atoms with Crippen LogP contribution in [-0.2, 0) is 9.84 Å². The first-order valence-corrected chi connectivity index (χ1v) is 8.39. The molecule has 2 nitrogen and oxygen atoms in total. The molecular weight excluding hydrogens is 220 g/mol. The number of hydrogen-bond donors (Lipinski definition) is 0. The van der Waals surface area contributed by atoms with Crippen LogP contribution in [0.1, 0.15) is 52.4 Å². The van der Waals surface area contributed by atoms with Gasteiger partial charge in [0.1, 0.15) is 9.84 Å². The van der Waals surface area contributed by atoms with E-state index in [0.29, 0.717) is 11.7 Å². The summed E-state index contributed by atoms with van der Waals surface area (Å²) in [6.07, 6.45) is 8.52. The van der Waals surface area contributed by atoms with E-state index in [1.54, 1.807) is 0 Å². The van der Waals surface area contributed by atoms with Gasteiger partial charge < -0.3 is 0 Å². The minimum atomic E-state index is -2.76. The quantitative estimate of drug-likeness (QED) is 0.745. The van der Waals surface area contributed by atoms with Crippen molar-refractivity contribution >= 4 is 9.84 Å². The molecule has 1 radical (unpaired) electrons. The number of hydrogen-bond acceptors (Lipinski definition) is 2. The van der Waals surface area contributed by atoms with E-state index in [1.165, 1.54) is 44.3 Å². The van der Waals surface area contributed by atoms with Crippen molar-refractivity contribution in [3.63, 3.8) is 0 Å². The lowest BCUT2D eigenvalue weighted by Gasteiger charge is -2.29. The van der Waals surface area contributed by atoms with Gasteiger partial charge in [-0.2, -0.15) is 0 Å². The van der Waals surface area contributed by atoms with E-state index in [-0.39, 0.29) is 0 Å². The Morgan fingerprint density at radius 2 is 1.56 bits per heavy atom. The van der Waals surface area contributed by atoms with E-state index in [1.807, 2.05) is 0 Å². The molecule has 95 valence electrons. The predicted octanol–water partition coefficient (Wildman–Crippen LogP) is 3.23. The van der Waals surface area contributed by atoms with Gasteiger partial charge in [-0.05, 0) is 30.6 Å². The lowest BCUT2D eigenvalue weighted by atomic mass is 9.78. The molecule has 0 atom stereocenters. The summed E-state index contributed by atoms with van der Waals surface area (Å²) in [7, 11) is -2.76. The highest BCUT2D eigenvalue weighted by Gasteiger charge is 2.22. The zero-order valence-corrected chi connectivity index (χ0v) is 11.6. The smallest absolute Gasteiger partial charge is 0.147 e. The molecular formula is C13H25O2S. The first-order chi connectivity index (χ1) is 7.37. The first-order valence-electron chi connectivity index (χ1n) is 6.33. The standard InChI is InChI=1S/C13H25O2S/c1-11(2)10-13-6-4-12(5-7-13)8-9-16(3,14)15/h12-13H,4-10H2,1-3H3. The van der Waals surface area contributed by atoms with E-state index in [2.05, 4.69) is 13.8 Å². The van der Waals surface area contributed by atoms with Crippen molar-refractivity contribution in [2.75, 3.05) is 12.0 Å². The van der Waals surface area contributed by atoms with Crippen molar-refractivity contribution in [3.8, 4) is 0 Å². The van der Waals surface area contributed by atoms with Gasteiger partial charge in [0.25, 0.3) is 0 Å². The molecule has 0 bridgehead atoms. The minimum absolute atomic E-state index is 0.376. The topological polar surface area (TPSA) is 34.1 Å². The summed E-state index contributed by atoms with van der Waals surface area (Å²) in [5.74, 6) is 3.42. The molecule has 0 spiro atoms. The molecule has 3 heteroatoms. The first kappa shape index (κ1) is 14.0. The summed E-state index contributed by atoms with van der Waals surface area (Å²) in [6.45, 7) is 4.41. The Balaban J connectivity index is 2.22. The maximum atomic E-state index is 11.1. The molecule has 0 N–H and O–H groups in total. The molecule has 1 rings (SSSR count). The average molecular weight is 245 g/mol. The van der Waals surface area contributed by atoms with Crippen molar-refractivity contribution in [2.45, 2.75) is 52.4 Å². The molecule has 0 heterocycles. The maximum Gasteiger partial charge on any atom is 0.147 e. The summed E-state index contributed by atoms with van der Waals surface area (Å²) < 4.78 is 22.2. The summed E-state index contributed by atoms with van der Waals surface area (Å²) in [5.41, 5.74) is 0. The summed E-state index contributed by atoms with van der Waals surface area (Å²) in [5, 5.41) is 0. The van der Waals surface area contributed by atoms with Gasteiger partial charge in [0.05, 0.1) is 5.75 Å². The lowest BCUT2D eigenvalue weighted by molar-refractivity contribution is 0.263. The highest BCUT2D eigenvalue weighted by atomic mass is 32.2. The van der Waals surface area contributed by atoms with E-state index < -0.39 is 9.84 Å². The van der Waals surface area contributed by atoms with Crippen molar-refractivity contribution in [1.82, 2.24) is 0 Å². The molecule has 0 saturated heterocycles. The van der Waals surface area contributed by atoms with Crippen LogP contribution in [0.2, 0.25) is 0 Å². The third kappa shape index (κ3) is 5.88. The van der Waals surface area contributed by atoms with Gasteiger partial charge in [0, 0.05) is 6.26 Å². The summed E-state index contributed by atoms with van der Waals surface area (Å²) in [6, 6.07) is 0. The Hall–Kier alpha value is -0.0500. The van der Waals surface area contributed by atoms with Crippen LogP contribution in [-0.4, -0.2) is 20.4 Å². The van der Waals surface area contributed by atoms with Crippen LogP contribution in [0, 0.1) is 17.8 Å². The fraction of sp³-hybridized carbons (Fsp3) is 0.923. The van der Waals surface area contributed by atoms with Crippen molar-refractivity contribution in [3.05, 3.63) is 5.92 Å². The molecule has 0 unspecified atom stereocenters. The molecule has 1 aliphatic carbocycles. The van der Waals surface area contributed by atoms with Crippen LogP contribution >= 0.6 is 0 Å². The Morgan fingerprint density at radius 1 is 1.06 bits per heavy atom. The highest BCUT2D eigenvalue weighted by Crippen LogP contribution is 2.34. The maximum absolute atomic E-state index is 11.1. The Bertz CT molecular complexity index is 285. The zero-order valence-electron chi connectivity index (χ0n) is 10.8. The second-order valence-electron chi connectivity index (χ2n) is 5.72. The summed E-state index contributed by atoms with van der Waals surface area (Å²) in [4.78, 5) is 0. The normalized spacial score (nSPS) is 27.2. The molecule has 0 aromatic carbocycles. The van der Waals surface area contributed by atoms with E-state index in [9.17, 15) is 8.42 Å². The molecule has 0 aliphatic heterocycles. The third-order valence-electron chi connectivity index (χ3n) is 3.56. The Morgan fingerprint density at radius 3 is 2.00 bits per heavy atom. The van der Waals surface area contributed by atoms with Gasteiger partial charge in [0.2, 0.25) is 0 Å². The molecule has 0 amide bonds. The van der Waals surface area contributed by atoms with Crippen molar-refractivity contribution in [2.24, 2.45) is 11.8 Å². The number of rotatable bonds is 5. The number of sulfone groups is 1. The van der Waals surface area contributed by atoms with Crippen LogP contribution in [0.3, 0.4) is 0 Å². The Kier molecular flexibility index (Phi) is 5.29. The summed E-state index contributed by atoms with van der Waals surface area (Å²) >= 11 is 0. The Labute approximate surface area is 101 Å². The second kappa shape index (κ2) is 6.04. The van der Waals surface area contributed by atoms with Crippen LogP contribution in [0.4, 0.5) is 0 Å². The van der Waals surface area contributed by atoms with Gasteiger partial charge in [0.15, 0.2) is 0 Å². The lowest BCUT2D eigenvalue weighted by Crippen LogP contribution is -2.18. The SMILES string of the molecule is C[C](C)CC1CCC(CCS(C)(=O)=O)CC1. The molecule has 1 aliphatic rings. The molecule has 1 fully saturated rings. The van der Waals surface area contributed by atoms with Gasteiger partial charge >= 0.3 is 0 Å². The second-order valence-corrected chi connectivity index (χ2v) is 7.98. The van der Waals surface area contributed by atoms with Crippen molar-refractivity contribution in [1.29, 1.82) is 0 Å². The average Bonchev–Trinajstić information content (AvgIpc) is 2.14. The third-order valence-corrected chi connectivity index (χ3v) is 4.54. The minimum Gasteiger partial charge on any atom is -0.229 e. The van der Waals surface area contributed by atoms with Crippen LogP contribution in [0.25, 0.3) is 0 Å². The molecule has 1 saturated carbocycles. The van der Waals surface area contributed by atoms with Crippen LogP contribution in [0.5, 0.6) is 0 Å². The molecule has 0 aromatic heterocycles. The van der Waals surface area contributed by atoms with Gasteiger partial charge in [-0.1, -0.05) is 39.5 Å².